The van der Waals surface area contributed by atoms with Gasteiger partial charge in [-0.1, -0.05) is 58.9 Å². The van der Waals surface area contributed by atoms with Crippen LogP contribution in [0, 0.1) is 5.92 Å². The van der Waals surface area contributed by atoms with Gasteiger partial charge in [-0.05, 0) is 35.3 Å². The van der Waals surface area contributed by atoms with E-state index < -0.39 is 0 Å². The monoisotopic (exact) mass is 233 g/mol. The number of rotatable bonds is 4. The Kier molecular flexibility index (Phi) is 4.76. The van der Waals surface area contributed by atoms with E-state index in [9.17, 15) is 0 Å². The van der Waals surface area contributed by atoms with Gasteiger partial charge in [0.2, 0.25) is 0 Å². The highest BCUT2D eigenvalue weighted by atomic mass is 14.6. The number of hydrogen-bond donors (Lipinski definition) is 1. The zero-order valence-electron chi connectivity index (χ0n) is 12.0. The molecule has 0 aromatic heterocycles. The van der Waals surface area contributed by atoms with Crippen LogP contribution in [0.25, 0.3) is 0 Å². The van der Waals surface area contributed by atoms with Crippen molar-refractivity contribution in [3.8, 4) is 0 Å². The Morgan fingerprint density at radius 2 is 1.65 bits per heavy atom. The molecule has 0 aliphatic carbocycles. The maximum absolute atomic E-state index is 6.06. The van der Waals surface area contributed by atoms with Gasteiger partial charge in [0, 0.05) is 6.04 Å². The zero-order chi connectivity index (χ0) is 13.1. The molecule has 1 aromatic carbocycles. The summed E-state index contributed by atoms with van der Waals surface area (Å²) in [5, 5.41) is 0. The number of nitrogens with two attached hydrogens (primary N) is 1. The molecule has 0 saturated carbocycles. The molecular weight excluding hydrogens is 206 g/mol. The molecule has 0 spiro atoms. The summed E-state index contributed by atoms with van der Waals surface area (Å²) >= 11 is 0. The summed E-state index contributed by atoms with van der Waals surface area (Å²) in [6.45, 7) is 11.1. The Hall–Kier alpha value is -0.820. The predicted octanol–water partition coefficient (Wildman–Crippen LogP) is 3.90. The molecule has 1 aromatic rings. The van der Waals surface area contributed by atoms with E-state index in [0.29, 0.717) is 12.0 Å². The van der Waals surface area contributed by atoms with Crippen LogP contribution in [0.3, 0.4) is 0 Å². The molecule has 2 unspecified atom stereocenters. The highest BCUT2D eigenvalue weighted by Gasteiger charge is 2.14. The van der Waals surface area contributed by atoms with Crippen molar-refractivity contribution in [3.63, 3.8) is 0 Å². The lowest BCUT2D eigenvalue weighted by atomic mass is 9.85. The fraction of sp³-hybridized carbons (Fsp3) is 0.625. The Morgan fingerprint density at radius 1 is 1.12 bits per heavy atom. The number of hydrogen-bond acceptors (Lipinski definition) is 1. The minimum absolute atomic E-state index is 0.240. The van der Waals surface area contributed by atoms with Crippen molar-refractivity contribution >= 4 is 0 Å². The third kappa shape index (κ3) is 4.16. The highest BCUT2D eigenvalue weighted by Crippen LogP contribution is 2.23. The molecule has 0 saturated heterocycles. The van der Waals surface area contributed by atoms with Crippen LogP contribution in [0.4, 0.5) is 0 Å². The molecule has 0 aliphatic heterocycles. The van der Waals surface area contributed by atoms with Crippen molar-refractivity contribution in [2.75, 3.05) is 0 Å². The van der Waals surface area contributed by atoms with Crippen LogP contribution < -0.4 is 5.73 Å². The summed E-state index contributed by atoms with van der Waals surface area (Å²) < 4.78 is 0. The van der Waals surface area contributed by atoms with Crippen LogP contribution in [0.5, 0.6) is 0 Å². The normalized spacial score (nSPS) is 15.6. The predicted molar refractivity (Wildman–Crippen MR) is 76.3 cm³/mol. The van der Waals surface area contributed by atoms with E-state index in [4.69, 9.17) is 5.73 Å². The SMILES string of the molecule is CCC(N)C(C)Cc1ccc(C(C)(C)C)cc1. The first kappa shape index (κ1) is 14.2. The lowest BCUT2D eigenvalue weighted by Crippen LogP contribution is -2.28. The summed E-state index contributed by atoms with van der Waals surface area (Å²) in [5.74, 6) is 0.556. The fourth-order valence-corrected chi connectivity index (χ4v) is 2.07. The second kappa shape index (κ2) is 5.68. The minimum Gasteiger partial charge on any atom is -0.327 e. The van der Waals surface area contributed by atoms with Gasteiger partial charge in [-0.25, -0.2) is 0 Å². The molecule has 2 N–H and O–H groups in total. The van der Waals surface area contributed by atoms with Crippen molar-refractivity contribution < 1.29 is 0 Å². The van der Waals surface area contributed by atoms with Gasteiger partial charge in [0.15, 0.2) is 0 Å². The van der Waals surface area contributed by atoms with Crippen LogP contribution in [-0.4, -0.2) is 6.04 Å². The van der Waals surface area contributed by atoms with Crippen LogP contribution in [0.15, 0.2) is 24.3 Å². The molecule has 0 fully saturated rings. The van der Waals surface area contributed by atoms with Gasteiger partial charge in [0.1, 0.15) is 0 Å². The molecular formula is C16H27N. The largest absolute Gasteiger partial charge is 0.327 e. The Balaban J connectivity index is 2.69. The van der Waals surface area contributed by atoms with Crippen molar-refractivity contribution in [2.45, 2.75) is 58.9 Å². The van der Waals surface area contributed by atoms with Gasteiger partial charge in [-0.2, -0.15) is 0 Å². The molecule has 2 atom stereocenters. The van der Waals surface area contributed by atoms with Gasteiger partial charge >= 0.3 is 0 Å². The second-order valence-corrected chi connectivity index (χ2v) is 6.20. The maximum Gasteiger partial charge on any atom is 0.00650 e. The summed E-state index contributed by atoms with van der Waals surface area (Å²) in [4.78, 5) is 0. The average Bonchev–Trinajstić information content (AvgIpc) is 2.27. The Labute approximate surface area is 106 Å². The van der Waals surface area contributed by atoms with Crippen LogP contribution in [-0.2, 0) is 11.8 Å². The average molecular weight is 233 g/mol. The van der Waals surface area contributed by atoms with Crippen molar-refractivity contribution in [1.29, 1.82) is 0 Å². The highest BCUT2D eigenvalue weighted by molar-refractivity contribution is 5.27. The molecule has 0 heterocycles. The summed E-state index contributed by atoms with van der Waals surface area (Å²) in [7, 11) is 0. The van der Waals surface area contributed by atoms with Crippen LogP contribution in [0.2, 0.25) is 0 Å². The van der Waals surface area contributed by atoms with Gasteiger partial charge in [0.05, 0.1) is 0 Å². The van der Waals surface area contributed by atoms with E-state index in [2.05, 4.69) is 58.9 Å². The molecule has 96 valence electrons. The quantitative estimate of drug-likeness (QED) is 0.838. The van der Waals surface area contributed by atoms with Gasteiger partial charge in [-0.3, -0.25) is 0 Å². The first-order valence-corrected chi connectivity index (χ1v) is 6.69. The smallest absolute Gasteiger partial charge is 0.00650 e. The third-order valence-electron chi connectivity index (χ3n) is 3.58. The van der Waals surface area contributed by atoms with Crippen molar-refractivity contribution in [1.82, 2.24) is 0 Å². The summed E-state index contributed by atoms with van der Waals surface area (Å²) in [6, 6.07) is 9.31. The summed E-state index contributed by atoms with van der Waals surface area (Å²) in [5.41, 5.74) is 9.10. The van der Waals surface area contributed by atoms with E-state index in [0.717, 1.165) is 12.8 Å². The van der Waals surface area contributed by atoms with E-state index in [1.54, 1.807) is 0 Å². The topological polar surface area (TPSA) is 26.0 Å². The molecule has 0 aliphatic rings. The molecule has 1 rings (SSSR count). The Morgan fingerprint density at radius 3 is 2.06 bits per heavy atom. The standard InChI is InChI=1S/C16H27N/c1-6-15(17)12(2)11-13-7-9-14(10-8-13)16(3,4)5/h7-10,12,15H,6,11,17H2,1-5H3. The zero-order valence-corrected chi connectivity index (χ0v) is 12.0. The first-order valence-electron chi connectivity index (χ1n) is 6.69. The molecule has 0 bridgehead atoms. The van der Waals surface area contributed by atoms with E-state index in [1.807, 2.05) is 0 Å². The fourth-order valence-electron chi connectivity index (χ4n) is 2.07. The lowest BCUT2D eigenvalue weighted by molar-refractivity contribution is 0.442. The van der Waals surface area contributed by atoms with Crippen LogP contribution >= 0.6 is 0 Å². The van der Waals surface area contributed by atoms with Crippen molar-refractivity contribution in [2.24, 2.45) is 11.7 Å². The third-order valence-corrected chi connectivity index (χ3v) is 3.58. The molecule has 1 nitrogen and oxygen atoms in total. The first-order chi connectivity index (χ1) is 7.84. The van der Waals surface area contributed by atoms with Gasteiger partial charge < -0.3 is 5.73 Å². The molecule has 1 heteroatoms. The Bertz CT molecular complexity index is 332. The summed E-state index contributed by atoms with van der Waals surface area (Å²) in [6.07, 6.45) is 2.14. The molecule has 17 heavy (non-hydrogen) atoms. The maximum atomic E-state index is 6.06. The van der Waals surface area contributed by atoms with Crippen molar-refractivity contribution in [3.05, 3.63) is 35.4 Å². The minimum atomic E-state index is 0.240. The van der Waals surface area contributed by atoms with E-state index >= 15 is 0 Å². The van der Waals surface area contributed by atoms with E-state index in [-0.39, 0.29) is 5.41 Å². The van der Waals surface area contributed by atoms with E-state index in [1.165, 1.54) is 11.1 Å². The van der Waals surface area contributed by atoms with Gasteiger partial charge in [0.25, 0.3) is 0 Å². The van der Waals surface area contributed by atoms with Gasteiger partial charge in [-0.15, -0.1) is 0 Å². The lowest BCUT2D eigenvalue weighted by Gasteiger charge is -2.21. The van der Waals surface area contributed by atoms with Crippen LogP contribution in [0.1, 0.15) is 52.2 Å². The molecule has 0 amide bonds. The second-order valence-electron chi connectivity index (χ2n) is 6.20. The molecule has 0 radical (unpaired) electrons. The number of benzene rings is 1.